The molecular formula is C16H10N2O4S. The van der Waals surface area contributed by atoms with Crippen molar-refractivity contribution >= 4 is 23.0 Å². The molecule has 114 valence electrons. The monoisotopic (exact) mass is 326 g/mol. The van der Waals surface area contributed by atoms with Gasteiger partial charge in [-0.25, -0.2) is 3.96 Å². The van der Waals surface area contributed by atoms with Crippen molar-refractivity contribution in [1.82, 2.24) is 3.96 Å². The highest BCUT2D eigenvalue weighted by Crippen LogP contribution is 2.19. The molecule has 23 heavy (non-hydrogen) atoms. The van der Waals surface area contributed by atoms with Crippen molar-refractivity contribution in [3.05, 3.63) is 91.6 Å². The molecule has 0 spiro atoms. The molecule has 0 aliphatic carbocycles. The molecule has 0 saturated heterocycles. The molecule has 3 aromatic rings. The van der Waals surface area contributed by atoms with E-state index in [-0.39, 0.29) is 17.0 Å². The number of hydrogen-bond donors (Lipinski definition) is 0. The number of carbonyl (C=O) groups is 1. The van der Waals surface area contributed by atoms with Gasteiger partial charge in [0.2, 0.25) is 5.78 Å². The fourth-order valence-electron chi connectivity index (χ4n) is 2.07. The Labute approximate surface area is 134 Å². The molecule has 0 bridgehead atoms. The van der Waals surface area contributed by atoms with Crippen molar-refractivity contribution in [3.63, 3.8) is 0 Å². The standard InChI is InChI=1S/C16H10N2O4S/c19-15-10-14(16(20)11-4-2-1-3-5-11)23-17(15)12-6-8-13(9-7-12)18(21)22/h1-10H. The van der Waals surface area contributed by atoms with Crippen LogP contribution in [0.5, 0.6) is 0 Å². The zero-order valence-electron chi connectivity index (χ0n) is 11.7. The van der Waals surface area contributed by atoms with Gasteiger partial charge < -0.3 is 0 Å². The van der Waals surface area contributed by atoms with E-state index < -0.39 is 4.92 Å². The Balaban J connectivity index is 1.97. The fourth-order valence-corrected chi connectivity index (χ4v) is 2.99. The molecule has 7 heteroatoms. The second kappa shape index (κ2) is 5.98. The highest BCUT2D eigenvalue weighted by atomic mass is 32.1. The lowest BCUT2D eigenvalue weighted by Gasteiger charge is -2.00. The number of nitro groups is 1. The number of benzene rings is 2. The molecule has 1 aromatic heterocycles. The van der Waals surface area contributed by atoms with Gasteiger partial charge in [-0.2, -0.15) is 0 Å². The zero-order valence-corrected chi connectivity index (χ0v) is 12.5. The summed E-state index contributed by atoms with van der Waals surface area (Å²) in [5.41, 5.74) is 0.587. The first kappa shape index (κ1) is 14.9. The van der Waals surface area contributed by atoms with E-state index in [4.69, 9.17) is 0 Å². The van der Waals surface area contributed by atoms with E-state index in [2.05, 4.69) is 0 Å². The largest absolute Gasteiger partial charge is 0.288 e. The molecule has 0 N–H and O–H groups in total. The average Bonchev–Trinajstić information content (AvgIpc) is 2.97. The smallest absolute Gasteiger partial charge is 0.269 e. The maximum atomic E-state index is 12.4. The van der Waals surface area contributed by atoms with E-state index in [9.17, 15) is 19.7 Å². The third kappa shape index (κ3) is 2.95. The van der Waals surface area contributed by atoms with Gasteiger partial charge in [0.15, 0.2) is 0 Å². The zero-order chi connectivity index (χ0) is 16.4. The van der Waals surface area contributed by atoms with Gasteiger partial charge in [0.1, 0.15) is 0 Å². The van der Waals surface area contributed by atoms with E-state index in [1.807, 2.05) is 0 Å². The summed E-state index contributed by atoms with van der Waals surface area (Å²) in [7, 11) is 0. The minimum absolute atomic E-state index is 0.0565. The number of hydrogen-bond acceptors (Lipinski definition) is 5. The second-order valence-electron chi connectivity index (χ2n) is 4.70. The molecule has 0 radical (unpaired) electrons. The van der Waals surface area contributed by atoms with Crippen LogP contribution in [0.3, 0.4) is 0 Å². The molecule has 0 atom stereocenters. The Morgan fingerprint density at radius 1 is 1.04 bits per heavy atom. The summed E-state index contributed by atoms with van der Waals surface area (Å²) in [6.07, 6.45) is 0. The lowest BCUT2D eigenvalue weighted by Crippen LogP contribution is -2.09. The number of nitro benzene ring substituents is 1. The third-order valence-electron chi connectivity index (χ3n) is 3.20. The predicted octanol–water partition coefficient (Wildman–Crippen LogP) is 3.04. The molecule has 0 unspecified atom stereocenters. The molecule has 3 rings (SSSR count). The van der Waals surface area contributed by atoms with Crippen LogP contribution < -0.4 is 5.56 Å². The molecule has 0 fully saturated rings. The predicted molar refractivity (Wildman–Crippen MR) is 86.4 cm³/mol. The van der Waals surface area contributed by atoms with Crippen LogP contribution in [0.25, 0.3) is 5.69 Å². The Hall–Kier alpha value is -3.06. The molecule has 6 nitrogen and oxygen atoms in total. The van der Waals surface area contributed by atoms with Gasteiger partial charge in [0, 0.05) is 23.8 Å². The molecule has 1 heterocycles. The van der Waals surface area contributed by atoms with Crippen molar-refractivity contribution in [2.45, 2.75) is 0 Å². The summed E-state index contributed by atoms with van der Waals surface area (Å²) < 4.78 is 1.33. The number of non-ortho nitro benzene ring substituents is 1. The molecule has 0 aliphatic rings. The van der Waals surface area contributed by atoms with Gasteiger partial charge in [-0.1, -0.05) is 30.3 Å². The van der Waals surface area contributed by atoms with Crippen LogP contribution in [0, 0.1) is 10.1 Å². The van der Waals surface area contributed by atoms with Crippen LogP contribution in [-0.2, 0) is 0 Å². The van der Waals surface area contributed by atoms with Crippen molar-refractivity contribution in [2.24, 2.45) is 0 Å². The quantitative estimate of drug-likeness (QED) is 0.419. The topological polar surface area (TPSA) is 82.2 Å². The van der Waals surface area contributed by atoms with Crippen LogP contribution >= 0.6 is 11.5 Å². The van der Waals surface area contributed by atoms with Crippen molar-refractivity contribution in [1.29, 1.82) is 0 Å². The summed E-state index contributed by atoms with van der Waals surface area (Å²) in [5.74, 6) is -0.228. The summed E-state index contributed by atoms with van der Waals surface area (Å²) in [5, 5.41) is 10.7. The molecule has 2 aromatic carbocycles. The highest BCUT2D eigenvalue weighted by molar-refractivity contribution is 7.09. The highest BCUT2D eigenvalue weighted by Gasteiger charge is 2.15. The number of rotatable bonds is 4. The first-order valence-electron chi connectivity index (χ1n) is 6.64. The Kier molecular flexibility index (Phi) is 3.86. The van der Waals surface area contributed by atoms with Gasteiger partial charge in [-0.15, -0.1) is 0 Å². The van der Waals surface area contributed by atoms with Crippen molar-refractivity contribution in [2.75, 3.05) is 0 Å². The summed E-state index contributed by atoms with van der Waals surface area (Å²) in [6, 6.07) is 15.6. The van der Waals surface area contributed by atoms with Crippen LogP contribution in [-0.4, -0.2) is 14.7 Å². The first-order valence-corrected chi connectivity index (χ1v) is 7.41. The number of aromatic nitrogens is 1. The fraction of sp³-hybridized carbons (Fsp3) is 0. The normalized spacial score (nSPS) is 10.4. The van der Waals surface area contributed by atoms with E-state index in [0.29, 0.717) is 16.1 Å². The summed E-state index contributed by atoms with van der Waals surface area (Å²) in [4.78, 5) is 34.9. The summed E-state index contributed by atoms with van der Waals surface area (Å²) in [6.45, 7) is 0. The lowest BCUT2D eigenvalue weighted by atomic mass is 10.1. The van der Waals surface area contributed by atoms with Gasteiger partial charge >= 0.3 is 0 Å². The number of nitrogens with zero attached hydrogens (tertiary/aromatic N) is 2. The Morgan fingerprint density at radius 3 is 2.30 bits per heavy atom. The molecule has 0 aliphatic heterocycles. The van der Waals surface area contributed by atoms with E-state index in [1.54, 1.807) is 30.3 Å². The third-order valence-corrected chi connectivity index (χ3v) is 4.27. The van der Waals surface area contributed by atoms with Gasteiger partial charge in [-0.05, 0) is 23.7 Å². The maximum absolute atomic E-state index is 12.4. The lowest BCUT2D eigenvalue weighted by molar-refractivity contribution is -0.384. The van der Waals surface area contributed by atoms with E-state index in [0.717, 1.165) is 11.5 Å². The minimum atomic E-state index is -0.509. The SMILES string of the molecule is O=C(c1ccccc1)c1cc(=O)n(-c2ccc([N+](=O)[O-])cc2)s1. The molecule has 0 saturated carbocycles. The number of ketones is 1. The van der Waals surface area contributed by atoms with Crippen LogP contribution in [0.2, 0.25) is 0 Å². The van der Waals surface area contributed by atoms with Gasteiger partial charge in [0.05, 0.1) is 15.5 Å². The van der Waals surface area contributed by atoms with Gasteiger partial charge in [0.25, 0.3) is 11.2 Å². The maximum Gasteiger partial charge on any atom is 0.269 e. The van der Waals surface area contributed by atoms with Crippen LogP contribution in [0.15, 0.2) is 65.5 Å². The summed E-state index contributed by atoms with van der Waals surface area (Å²) >= 11 is 1.01. The molecule has 0 amide bonds. The van der Waals surface area contributed by atoms with E-state index in [1.165, 1.54) is 34.3 Å². The van der Waals surface area contributed by atoms with Gasteiger partial charge in [-0.3, -0.25) is 19.7 Å². The first-order chi connectivity index (χ1) is 11.1. The number of carbonyl (C=O) groups excluding carboxylic acids is 1. The second-order valence-corrected chi connectivity index (χ2v) is 5.69. The molecular weight excluding hydrogens is 316 g/mol. The van der Waals surface area contributed by atoms with Crippen molar-refractivity contribution in [3.8, 4) is 5.69 Å². The Bertz CT molecular complexity index is 927. The average molecular weight is 326 g/mol. The van der Waals surface area contributed by atoms with E-state index >= 15 is 0 Å². The minimum Gasteiger partial charge on any atom is -0.288 e. The van der Waals surface area contributed by atoms with Crippen LogP contribution in [0.4, 0.5) is 5.69 Å². The van der Waals surface area contributed by atoms with Crippen LogP contribution in [0.1, 0.15) is 15.2 Å². The van der Waals surface area contributed by atoms with Crippen molar-refractivity contribution < 1.29 is 9.72 Å². The Morgan fingerprint density at radius 2 is 1.70 bits per heavy atom.